The minimum atomic E-state index is -1.83. The lowest BCUT2D eigenvalue weighted by Gasteiger charge is -1.72. The topological polar surface area (TPSA) is 57.5 Å². The number of carbonyl (C=O) groups is 1. The Hall–Kier alpha value is -0.990. The average molecular weight is 132 g/mol. The third-order valence-electron chi connectivity index (χ3n) is 0.493. The van der Waals surface area contributed by atoms with E-state index in [1.807, 2.05) is 6.08 Å². The number of rotatable bonds is 2. The molecule has 0 saturated heterocycles. The second kappa shape index (κ2) is 10.1. The maximum Gasteiger partial charge on any atom is 0.503 e. The molecule has 0 aromatic rings. The zero-order valence-electron chi connectivity index (χ0n) is 5.50. The van der Waals surface area contributed by atoms with Gasteiger partial charge in [-0.15, -0.1) is 6.58 Å². The molecule has 0 aliphatic carbocycles. The van der Waals surface area contributed by atoms with Gasteiger partial charge in [0.25, 0.3) is 0 Å². The molecule has 54 valence electrons. The Morgan fingerprint density at radius 2 is 2.00 bits per heavy atom. The molecule has 0 aromatic heterocycles. The molecule has 3 heteroatoms. The van der Waals surface area contributed by atoms with E-state index in [9.17, 15) is 0 Å². The second-order valence-electron chi connectivity index (χ2n) is 1.36. The largest absolute Gasteiger partial charge is 0.503 e. The third-order valence-corrected chi connectivity index (χ3v) is 0.493. The Morgan fingerprint density at radius 1 is 1.67 bits per heavy atom. The minimum Gasteiger partial charge on any atom is -0.450 e. The van der Waals surface area contributed by atoms with E-state index in [2.05, 4.69) is 13.5 Å². The summed E-state index contributed by atoms with van der Waals surface area (Å²) < 4.78 is 0. The summed E-state index contributed by atoms with van der Waals surface area (Å²) in [5, 5.41) is 13.9. The van der Waals surface area contributed by atoms with Crippen LogP contribution in [0.1, 0.15) is 19.8 Å². The highest BCUT2D eigenvalue weighted by atomic mass is 16.6. The van der Waals surface area contributed by atoms with Crippen LogP contribution < -0.4 is 0 Å². The van der Waals surface area contributed by atoms with Gasteiger partial charge in [-0.3, -0.25) is 0 Å². The lowest BCUT2D eigenvalue weighted by molar-refractivity contribution is 0.137. The molecule has 0 bridgehead atoms. The molecule has 0 heterocycles. The second-order valence-corrected chi connectivity index (χ2v) is 1.36. The van der Waals surface area contributed by atoms with E-state index in [-0.39, 0.29) is 0 Å². The van der Waals surface area contributed by atoms with Crippen molar-refractivity contribution in [3.05, 3.63) is 12.7 Å². The van der Waals surface area contributed by atoms with Crippen LogP contribution >= 0.6 is 0 Å². The summed E-state index contributed by atoms with van der Waals surface area (Å²) in [6.07, 6.45) is 2.48. The van der Waals surface area contributed by atoms with Crippen molar-refractivity contribution in [2.24, 2.45) is 0 Å². The molecule has 0 rings (SSSR count). The molecule has 0 atom stereocenters. The number of hydrogen-bond acceptors (Lipinski definition) is 1. The van der Waals surface area contributed by atoms with Crippen LogP contribution in [0.15, 0.2) is 12.7 Å². The first kappa shape index (κ1) is 10.9. The maximum atomic E-state index is 8.56. The molecule has 0 amide bonds. The summed E-state index contributed by atoms with van der Waals surface area (Å²) in [5.41, 5.74) is 0. The molecular formula is C6H12O3. The van der Waals surface area contributed by atoms with Gasteiger partial charge in [-0.1, -0.05) is 19.4 Å². The SMILES string of the molecule is C=CCCC.O=C(O)O. The van der Waals surface area contributed by atoms with Crippen LogP contribution in [0.25, 0.3) is 0 Å². The number of unbranched alkanes of at least 4 members (excludes halogenated alkanes) is 1. The Kier molecular flexibility index (Phi) is 12.2. The summed E-state index contributed by atoms with van der Waals surface area (Å²) in [4.78, 5) is 8.56. The molecule has 0 fully saturated rings. The fourth-order valence-electron chi connectivity index (χ4n) is 0.204. The van der Waals surface area contributed by atoms with Crippen LogP contribution in [0.5, 0.6) is 0 Å². The zero-order valence-corrected chi connectivity index (χ0v) is 5.50. The normalized spacial score (nSPS) is 6.78. The van der Waals surface area contributed by atoms with Crippen molar-refractivity contribution in [1.29, 1.82) is 0 Å². The smallest absolute Gasteiger partial charge is 0.450 e. The van der Waals surface area contributed by atoms with E-state index in [0.29, 0.717) is 0 Å². The summed E-state index contributed by atoms with van der Waals surface area (Å²) in [6.45, 7) is 5.69. The van der Waals surface area contributed by atoms with Crippen molar-refractivity contribution >= 4 is 6.16 Å². The lowest BCUT2D eigenvalue weighted by atomic mass is 10.3. The van der Waals surface area contributed by atoms with Crippen LogP contribution in [0, 0.1) is 0 Å². The fourth-order valence-corrected chi connectivity index (χ4v) is 0.204. The average Bonchev–Trinajstić information content (AvgIpc) is 1.66. The molecule has 0 radical (unpaired) electrons. The van der Waals surface area contributed by atoms with E-state index in [1.54, 1.807) is 0 Å². The van der Waals surface area contributed by atoms with Crippen LogP contribution in [-0.4, -0.2) is 16.4 Å². The quantitative estimate of drug-likeness (QED) is 0.566. The molecule has 9 heavy (non-hydrogen) atoms. The lowest BCUT2D eigenvalue weighted by Crippen LogP contribution is -1.81. The van der Waals surface area contributed by atoms with E-state index < -0.39 is 6.16 Å². The van der Waals surface area contributed by atoms with Gasteiger partial charge in [0, 0.05) is 0 Å². The maximum absolute atomic E-state index is 8.56. The first-order valence-corrected chi connectivity index (χ1v) is 2.67. The number of hydrogen-bond donors (Lipinski definition) is 2. The summed E-state index contributed by atoms with van der Waals surface area (Å²) in [7, 11) is 0. The third kappa shape index (κ3) is 172. The van der Waals surface area contributed by atoms with Gasteiger partial charge in [0.1, 0.15) is 0 Å². The summed E-state index contributed by atoms with van der Waals surface area (Å²) in [5.74, 6) is 0. The Morgan fingerprint density at radius 3 is 2.00 bits per heavy atom. The molecule has 0 spiro atoms. The van der Waals surface area contributed by atoms with Gasteiger partial charge in [0.15, 0.2) is 0 Å². The first-order valence-electron chi connectivity index (χ1n) is 2.67. The van der Waals surface area contributed by atoms with E-state index >= 15 is 0 Å². The Bertz CT molecular complexity index is 74.4. The van der Waals surface area contributed by atoms with Crippen LogP contribution in [0.4, 0.5) is 4.79 Å². The highest BCUT2D eigenvalue weighted by molar-refractivity contribution is 5.53. The van der Waals surface area contributed by atoms with Crippen molar-refractivity contribution < 1.29 is 15.0 Å². The van der Waals surface area contributed by atoms with Crippen LogP contribution in [-0.2, 0) is 0 Å². The van der Waals surface area contributed by atoms with Crippen LogP contribution in [0.3, 0.4) is 0 Å². The van der Waals surface area contributed by atoms with Gasteiger partial charge >= 0.3 is 6.16 Å². The molecule has 0 aliphatic rings. The van der Waals surface area contributed by atoms with Gasteiger partial charge < -0.3 is 10.2 Å². The van der Waals surface area contributed by atoms with E-state index in [1.165, 1.54) is 6.42 Å². The van der Waals surface area contributed by atoms with Gasteiger partial charge in [0.05, 0.1) is 0 Å². The molecule has 0 aliphatic heterocycles. The summed E-state index contributed by atoms with van der Waals surface area (Å²) >= 11 is 0. The molecule has 0 saturated carbocycles. The predicted molar refractivity (Wildman–Crippen MR) is 35.8 cm³/mol. The van der Waals surface area contributed by atoms with Gasteiger partial charge in [0.2, 0.25) is 0 Å². The minimum absolute atomic E-state index is 1.15. The van der Waals surface area contributed by atoms with Gasteiger partial charge in [-0.2, -0.15) is 0 Å². The highest BCUT2D eigenvalue weighted by Crippen LogP contribution is 1.82. The zero-order chi connectivity index (χ0) is 7.70. The molecule has 2 N–H and O–H groups in total. The standard InChI is InChI=1S/C5H10.CH2O3/c1-3-5-4-2;2-1(3)4/h3H,1,4-5H2,2H3;(H2,2,3,4). The molecule has 0 unspecified atom stereocenters. The van der Waals surface area contributed by atoms with Crippen molar-refractivity contribution in [3.63, 3.8) is 0 Å². The van der Waals surface area contributed by atoms with Crippen molar-refractivity contribution in [2.75, 3.05) is 0 Å². The monoisotopic (exact) mass is 132 g/mol. The van der Waals surface area contributed by atoms with Crippen molar-refractivity contribution in [1.82, 2.24) is 0 Å². The molecule has 3 nitrogen and oxygen atoms in total. The highest BCUT2D eigenvalue weighted by Gasteiger charge is 1.70. The first-order chi connectivity index (χ1) is 4.15. The fraction of sp³-hybridized carbons (Fsp3) is 0.500. The number of allylic oxidation sites excluding steroid dienone is 1. The van der Waals surface area contributed by atoms with E-state index in [4.69, 9.17) is 15.0 Å². The predicted octanol–water partition coefficient (Wildman–Crippen LogP) is 2.19. The molecular weight excluding hydrogens is 120 g/mol. The Balaban J connectivity index is 0. The van der Waals surface area contributed by atoms with E-state index in [0.717, 1.165) is 6.42 Å². The number of carboxylic acid groups (broad SMARTS) is 2. The molecule has 0 aromatic carbocycles. The van der Waals surface area contributed by atoms with Crippen LogP contribution in [0.2, 0.25) is 0 Å². The van der Waals surface area contributed by atoms with Gasteiger partial charge in [-0.05, 0) is 6.42 Å². The van der Waals surface area contributed by atoms with Crippen molar-refractivity contribution in [3.8, 4) is 0 Å². The summed E-state index contributed by atoms with van der Waals surface area (Å²) in [6, 6.07) is 0. The van der Waals surface area contributed by atoms with Gasteiger partial charge in [-0.25, -0.2) is 4.79 Å². The van der Waals surface area contributed by atoms with Crippen molar-refractivity contribution in [2.45, 2.75) is 19.8 Å². The Labute approximate surface area is 54.6 Å².